The van der Waals surface area contributed by atoms with Gasteiger partial charge in [0.05, 0.1) is 6.54 Å². The molecule has 7 heteroatoms. The van der Waals surface area contributed by atoms with Gasteiger partial charge in [-0.2, -0.15) is 0 Å². The Morgan fingerprint density at radius 1 is 1.26 bits per heavy atom. The minimum Gasteiger partial charge on any atom is -0.488 e. The Labute approximate surface area is 133 Å². The van der Waals surface area contributed by atoms with Gasteiger partial charge in [-0.05, 0) is 45.0 Å². The van der Waals surface area contributed by atoms with Gasteiger partial charge in [0.2, 0.25) is 0 Å². The van der Waals surface area contributed by atoms with Crippen molar-refractivity contribution in [2.45, 2.75) is 44.9 Å². The predicted molar refractivity (Wildman–Crippen MR) is 79.8 cm³/mol. The van der Waals surface area contributed by atoms with Crippen LogP contribution in [-0.4, -0.2) is 46.4 Å². The van der Waals surface area contributed by atoms with Crippen molar-refractivity contribution in [1.82, 2.24) is 4.90 Å². The summed E-state index contributed by atoms with van der Waals surface area (Å²) in [6.07, 6.45) is -1.03. The van der Waals surface area contributed by atoms with Gasteiger partial charge in [0.1, 0.15) is 29.3 Å². The third-order valence-corrected chi connectivity index (χ3v) is 3.29. The second-order valence-electron chi connectivity index (χ2n) is 6.42. The molecule has 1 amide bonds. The van der Waals surface area contributed by atoms with E-state index in [9.17, 15) is 19.1 Å². The Morgan fingerprint density at radius 3 is 2.39 bits per heavy atom. The Morgan fingerprint density at radius 2 is 1.87 bits per heavy atom. The summed E-state index contributed by atoms with van der Waals surface area (Å²) >= 11 is 0. The van der Waals surface area contributed by atoms with E-state index in [-0.39, 0.29) is 18.8 Å². The van der Waals surface area contributed by atoms with E-state index >= 15 is 0 Å². The van der Waals surface area contributed by atoms with Crippen molar-refractivity contribution < 1.29 is 28.6 Å². The van der Waals surface area contributed by atoms with Crippen LogP contribution in [0.4, 0.5) is 9.18 Å². The lowest BCUT2D eigenvalue weighted by Crippen LogP contribution is -2.43. The van der Waals surface area contributed by atoms with Crippen LogP contribution in [0.15, 0.2) is 24.3 Å². The zero-order valence-electron chi connectivity index (χ0n) is 13.3. The number of carbonyl (C=O) groups is 2. The largest absolute Gasteiger partial charge is 0.488 e. The second-order valence-corrected chi connectivity index (χ2v) is 6.42. The molecule has 1 fully saturated rings. The number of likely N-dealkylation sites (tertiary alicyclic amines) is 1. The number of ether oxygens (including phenoxy) is 2. The van der Waals surface area contributed by atoms with Gasteiger partial charge in [0.25, 0.3) is 0 Å². The number of nitrogens with zero attached hydrogens (tertiary/aromatic N) is 1. The number of carbonyl (C=O) groups excluding carboxylic acids is 1. The summed E-state index contributed by atoms with van der Waals surface area (Å²) in [4.78, 5) is 24.7. The number of hydrogen-bond donors (Lipinski definition) is 1. The zero-order chi connectivity index (χ0) is 17.2. The molecular formula is C16H20FNO5. The number of halogens is 1. The fraction of sp³-hybridized carbons (Fsp3) is 0.500. The highest BCUT2D eigenvalue weighted by molar-refractivity contribution is 5.81. The first kappa shape index (κ1) is 17.1. The molecular weight excluding hydrogens is 305 g/mol. The molecule has 1 aliphatic rings. The van der Waals surface area contributed by atoms with Crippen molar-refractivity contribution >= 4 is 12.1 Å². The molecule has 0 unspecified atom stereocenters. The van der Waals surface area contributed by atoms with Crippen LogP contribution in [0, 0.1) is 5.82 Å². The number of rotatable bonds is 3. The van der Waals surface area contributed by atoms with Crippen LogP contribution in [-0.2, 0) is 9.53 Å². The maximum Gasteiger partial charge on any atom is 0.411 e. The van der Waals surface area contributed by atoms with Gasteiger partial charge in [0.15, 0.2) is 0 Å². The van der Waals surface area contributed by atoms with E-state index in [0.717, 1.165) is 4.90 Å². The van der Waals surface area contributed by atoms with Gasteiger partial charge in [-0.15, -0.1) is 0 Å². The van der Waals surface area contributed by atoms with E-state index < -0.39 is 29.8 Å². The first-order chi connectivity index (χ1) is 10.7. The van der Waals surface area contributed by atoms with Crippen molar-refractivity contribution in [2.24, 2.45) is 0 Å². The number of amides is 1. The highest BCUT2D eigenvalue weighted by Gasteiger charge is 2.42. The highest BCUT2D eigenvalue weighted by atomic mass is 19.1. The maximum absolute atomic E-state index is 12.9. The van der Waals surface area contributed by atoms with E-state index in [2.05, 4.69) is 0 Å². The lowest BCUT2D eigenvalue weighted by atomic mass is 10.2. The minimum atomic E-state index is -1.11. The monoisotopic (exact) mass is 325 g/mol. The molecule has 0 saturated carbocycles. The molecule has 23 heavy (non-hydrogen) atoms. The molecule has 1 aromatic carbocycles. The molecule has 2 atom stereocenters. The van der Waals surface area contributed by atoms with Gasteiger partial charge in [0, 0.05) is 6.42 Å². The fourth-order valence-corrected chi connectivity index (χ4v) is 2.34. The topological polar surface area (TPSA) is 76.1 Å². The first-order valence-corrected chi connectivity index (χ1v) is 7.30. The average molecular weight is 325 g/mol. The molecule has 0 spiro atoms. The SMILES string of the molecule is CC(C)(C)OC(=O)N1C[C@@H](Oc2ccc(F)cc2)C[C@@H]1C(=O)O. The normalized spacial score (nSPS) is 21.1. The average Bonchev–Trinajstić information content (AvgIpc) is 2.84. The Bertz CT molecular complexity index is 581. The van der Waals surface area contributed by atoms with Gasteiger partial charge < -0.3 is 14.6 Å². The van der Waals surface area contributed by atoms with Crippen molar-refractivity contribution in [1.29, 1.82) is 0 Å². The van der Waals surface area contributed by atoms with E-state index in [1.807, 2.05) is 0 Å². The summed E-state index contributed by atoms with van der Waals surface area (Å²) in [5.41, 5.74) is -0.712. The molecule has 0 aromatic heterocycles. The first-order valence-electron chi connectivity index (χ1n) is 7.30. The summed E-state index contributed by atoms with van der Waals surface area (Å²) in [5.74, 6) is -1.07. The number of benzene rings is 1. The summed E-state index contributed by atoms with van der Waals surface area (Å²) in [5, 5.41) is 9.30. The van der Waals surface area contributed by atoms with Crippen LogP contribution in [0.5, 0.6) is 5.75 Å². The van der Waals surface area contributed by atoms with Crippen molar-refractivity contribution in [3.05, 3.63) is 30.1 Å². The van der Waals surface area contributed by atoms with Gasteiger partial charge in [-0.3, -0.25) is 4.90 Å². The van der Waals surface area contributed by atoms with Crippen LogP contribution in [0.25, 0.3) is 0 Å². The Kier molecular flexibility index (Phi) is 4.77. The smallest absolute Gasteiger partial charge is 0.411 e. The second kappa shape index (κ2) is 6.44. The fourth-order valence-electron chi connectivity index (χ4n) is 2.34. The predicted octanol–water partition coefficient (Wildman–Crippen LogP) is 2.67. The van der Waals surface area contributed by atoms with E-state index in [4.69, 9.17) is 9.47 Å². The van der Waals surface area contributed by atoms with Crippen molar-refractivity contribution in [3.8, 4) is 5.75 Å². The third-order valence-electron chi connectivity index (χ3n) is 3.29. The molecule has 126 valence electrons. The molecule has 1 aliphatic heterocycles. The molecule has 1 N–H and O–H groups in total. The lowest BCUT2D eigenvalue weighted by Gasteiger charge is -2.26. The third kappa shape index (κ3) is 4.58. The minimum absolute atomic E-state index is 0.100. The molecule has 0 bridgehead atoms. The maximum atomic E-state index is 12.9. The van der Waals surface area contributed by atoms with Crippen LogP contribution in [0.1, 0.15) is 27.2 Å². The number of carboxylic acids is 1. The summed E-state index contributed by atoms with van der Waals surface area (Å²) in [6, 6.07) is 4.42. The molecule has 2 rings (SSSR count). The Hall–Kier alpha value is -2.31. The van der Waals surface area contributed by atoms with Crippen LogP contribution >= 0.6 is 0 Å². The molecule has 6 nitrogen and oxygen atoms in total. The summed E-state index contributed by atoms with van der Waals surface area (Å²) in [6.45, 7) is 5.24. The zero-order valence-corrected chi connectivity index (χ0v) is 13.3. The quantitative estimate of drug-likeness (QED) is 0.924. The molecule has 0 radical (unpaired) electrons. The lowest BCUT2D eigenvalue weighted by molar-refractivity contribution is -0.142. The van der Waals surface area contributed by atoms with E-state index in [1.165, 1.54) is 24.3 Å². The standard InChI is InChI=1S/C16H20FNO5/c1-16(2,3)23-15(21)18-9-12(8-13(18)14(19)20)22-11-6-4-10(17)5-7-11/h4-7,12-13H,8-9H2,1-3H3,(H,19,20)/t12-,13+/m0/s1. The van der Waals surface area contributed by atoms with E-state index in [0.29, 0.717) is 5.75 Å². The van der Waals surface area contributed by atoms with Crippen LogP contribution in [0.3, 0.4) is 0 Å². The number of hydrogen-bond acceptors (Lipinski definition) is 4. The summed E-state index contributed by atoms with van der Waals surface area (Å²) < 4.78 is 23.8. The Balaban J connectivity index is 2.06. The van der Waals surface area contributed by atoms with Gasteiger partial charge >= 0.3 is 12.1 Å². The number of carboxylic acid groups (broad SMARTS) is 1. The van der Waals surface area contributed by atoms with Gasteiger partial charge in [-0.25, -0.2) is 14.0 Å². The number of aliphatic carboxylic acids is 1. The van der Waals surface area contributed by atoms with E-state index in [1.54, 1.807) is 20.8 Å². The molecule has 0 aliphatic carbocycles. The molecule has 1 aromatic rings. The highest BCUT2D eigenvalue weighted by Crippen LogP contribution is 2.25. The van der Waals surface area contributed by atoms with Gasteiger partial charge in [-0.1, -0.05) is 0 Å². The summed E-state index contributed by atoms with van der Waals surface area (Å²) in [7, 11) is 0. The molecule has 1 heterocycles. The molecule has 1 saturated heterocycles. The van der Waals surface area contributed by atoms with Crippen LogP contribution < -0.4 is 4.74 Å². The van der Waals surface area contributed by atoms with Crippen molar-refractivity contribution in [2.75, 3.05) is 6.54 Å². The van der Waals surface area contributed by atoms with Crippen LogP contribution in [0.2, 0.25) is 0 Å². The van der Waals surface area contributed by atoms with Crippen molar-refractivity contribution in [3.63, 3.8) is 0 Å².